The number of ketones is 1. The van der Waals surface area contributed by atoms with Crippen LogP contribution in [0.25, 0.3) is 33.6 Å². The molecule has 2 aromatic heterocycles. The van der Waals surface area contributed by atoms with Gasteiger partial charge in [0.1, 0.15) is 35.5 Å². The molecule has 1 aliphatic heterocycles. The van der Waals surface area contributed by atoms with Gasteiger partial charge in [-0.05, 0) is 73.2 Å². The monoisotopic (exact) mass is 595 g/mol. The number of hydrogen-bond donors (Lipinski definition) is 3. The molecular formula is C33H30FN5O5. The molecule has 3 heterocycles. The summed E-state index contributed by atoms with van der Waals surface area (Å²) in [6, 6.07) is 20.2. The molecular weight excluding hydrogens is 565 g/mol. The zero-order valence-corrected chi connectivity index (χ0v) is 24.0. The second-order valence-electron chi connectivity index (χ2n) is 10.5. The summed E-state index contributed by atoms with van der Waals surface area (Å²) >= 11 is 0. The summed E-state index contributed by atoms with van der Waals surface area (Å²) < 4.78 is 25.8. The lowest BCUT2D eigenvalue weighted by Gasteiger charge is -2.29. The highest BCUT2D eigenvalue weighted by Crippen LogP contribution is 2.32. The molecule has 5 aromatic rings. The zero-order chi connectivity index (χ0) is 30.6. The number of fused-ring (bicyclic) bond motifs is 1. The first-order chi connectivity index (χ1) is 21.4. The first kappa shape index (κ1) is 29.0. The van der Waals surface area contributed by atoms with E-state index in [4.69, 9.17) is 19.1 Å². The number of nitrogens with one attached hydrogen (secondary N) is 2. The number of hydrogen-bond acceptors (Lipinski definition) is 8. The van der Waals surface area contributed by atoms with Crippen LogP contribution in [0.5, 0.6) is 0 Å². The van der Waals surface area contributed by atoms with Crippen LogP contribution in [0.4, 0.5) is 26.4 Å². The molecule has 0 radical (unpaired) electrons. The second-order valence-corrected chi connectivity index (χ2v) is 10.5. The number of Topliss-reactive ketones (excluding diaryl/α,β-unsaturated/α-hetero) is 1. The van der Waals surface area contributed by atoms with Crippen LogP contribution in [-0.2, 0) is 22.6 Å². The van der Waals surface area contributed by atoms with Crippen molar-refractivity contribution in [3.05, 3.63) is 89.9 Å². The average Bonchev–Trinajstić information content (AvgIpc) is 3.52. The Morgan fingerprint density at radius 1 is 0.932 bits per heavy atom. The normalized spacial score (nSPS) is 13.2. The number of amides is 2. The van der Waals surface area contributed by atoms with E-state index in [1.807, 2.05) is 24.3 Å². The molecule has 10 nitrogen and oxygen atoms in total. The molecule has 224 valence electrons. The Hall–Kier alpha value is -5.13. The molecule has 0 aliphatic carbocycles. The largest absolute Gasteiger partial charge is 0.459 e. The van der Waals surface area contributed by atoms with Crippen molar-refractivity contribution in [1.82, 2.24) is 9.97 Å². The molecule has 3 aromatic carbocycles. The van der Waals surface area contributed by atoms with E-state index in [-0.39, 0.29) is 24.5 Å². The minimum Gasteiger partial charge on any atom is -0.459 e. The number of ether oxygens (including phenoxy) is 1. The molecule has 3 N–H and O–H groups in total. The van der Waals surface area contributed by atoms with Crippen molar-refractivity contribution in [2.75, 3.05) is 41.8 Å². The van der Waals surface area contributed by atoms with Gasteiger partial charge in [-0.2, -0.15) is 0 Å². The van der Waals surface area contributed by atoms with Gasteiger partial charge in [-0.25, -0.2) is 19.2 Å². The highest BCUT2D eigenvalue weighted by molar-refractivity contribution is 6.00. The topological polar surface area (TPSA) is 130 Å². The van der Waals surface area contributed by atoms with Gasteiger partial charge in [0.2, 0.25) is 0 Å². The number of aliphatic hydroxyl groups excluding tert-OH is 1. The lowest BCUT2D eigenvalue weighted by Crippen LogP contribution is -2.37. The average molecular weight is 596 g/mol. The van der Waals surface area contributed by atoms with E-state index in [0.717, 1.165) is 27.8 Å². The number of carbonyl (C=O) groups is 2. The predicted octanol–water partition coefficient (Wildman–Crippen LogP) is 5.80. The standard InChI is InChI=1S/C33H30FN5O5/c1-20(41)16-21-2-10-28(27(34)17-21)37-33(42)35-24-6-3-22(4-7-24)31-36-29-18-23(30-11-8-25(19-40)44-30)5-9-26(29)32(38-31)39-12-14-43-15-13-39/h2-11,17-18,40H,12-16,19H2,1H3,(H2,35,37,42). The molecule has 0 unspecified atom stereocenters. The van der Waals surface area contributed by atoms with Crippen LogP contribution in [0, 0.1) is 5.82 Å². The number of benzene rings is 3. The lowest BCUT2D eigenvalue weighted by atomic mass is 10.1. The van der Waals surface area contributed by atoms with Crippen LogP contribution >= 0.6 is 0 Å². The van der Waals surface area contributed by atoms with E-state index in [1.165, 1.54) is 19.1 Å². The van der Waals surface area contributed by atoms with Crippen LogP contribution in [-0.4, -0.2) is 53.2 Å². The number of nitrogens with zero attached hydrogens (tertiary/aromatic N) is 3. The van der Waals surface area contributed by atoms with Crippen LogP contribution in [0.15, 0.2) is 77.2 Å². The van der Waals surface area contributed by atoms with Gasteiger partial charge in [-0.15, -0.1) is 0 Å². The van der Waals surface area contributed by atoms with Crippen molar-refractivity contribution in [2.24, 2.45) is 0 Å². The fourth-order valence-electron chi connectivity index (χ4n) is 5.07. The van der Waals surface area contributed by atoms with Crippen molar-refractivity contribution in [1.29, 1.82) is 0 Å². The summed E-state index contributed by atoms with van der Waals surface area (Å²) in [5.41, 5.74) is 3.34. The molecule has 44 heavy (non-hydrogen) atoms. The molecule has 0 atom stereocenters. The first-order valence-corrected chi connectivity index (χ1v) is 14.2. The Balaban J connectivity index is 1.25. The van der Waals surface area contributed by atoms with Gasteiger partial charge in [0.15, 0.2) is 5.82 Å². The first-order valence-electron chi connectivity index (χ1n) is 14.2. The van der Waals surface area contributed by atoms with E-state index in [2.05, 4.69) is 15.5 Å². The summed E-state index contributed by atoms with van der Waals surface area (Å²) in [6.45, 7) is 3.85. The van der Waals surface area contributed by atoms with Crippen LogP contribution in [0.1, 0.15) is 18.2 Å². The van der Waals surface area contributed by atoms with E-state index in [1.54, 1.807) is 36.4 Å². The van der Waals surface area contributed by atoms with Crippen molar-refractivity contribution >= 4 is 39.9 Å². The summed E-state index contributed by atoms with van der Waals surface area (Å²) in [5.74, 6) is 1.72. The number of aliphatic hydroxyl groups is 1. The zero-order valence-electron chi connectivity index (χ0n) is 24.0. The predicted molar refractivity (Wildman–Crippen MR) is 165 cm³/mol. The molecule has 1 aliphatic rings. The van der Waals surface area contributed by atoms with Gasteiger partial charge < -0.3 is 29.8 Å². The summed E-state index contributed by atoms with van der Waals surface area (Å²) in [5, 5.41) is 15.5. The van der Waals surface area contributed by atoms with Gasteiger partial charge >= 0.3 is 6.03 Å². The Morgan fingerprint density at radius 2 is 1.70 bits per heavy atom. The van der Waals surface area contributed by atoms with Crippen LogP contribution in [0.3, 0.4) is 0 Å². The Kier molecular flexibility index (Phi) is 8.31. The number of morpholine rings is 1. The maximum atomic E-state index is 14.5. The van der Waals surface area contributed by atoms with E-state index in [0.29, 0.717) is 54.9 Å². The smallest absolute Gasteiger partial charge is 0.323 e. The number of anilines is 3. The number of aromatic nitrogens is 2. The van der Waals surface area contributed by atoms with Crippen molar-refractivity contribution in [3.8, 4) is 22.7 Å². The highest BCUT2D eigenvalue weighted by atomic mass is 19.1. The minimum atomic E-state index is -0.622. The number of halogens is 1. The van der Waals surface area contributed by atoms with Gasteiger partial charge in [0, 0.05) is 41.7 Å². The third kappa shape index (κ3) is 6.43. The molecule has 2 amide bonds. The molecule has 1 fully saturated rings. The van der Waals surface area contributed by atoms with Gasteiger partial charge in [-0.3, -0.25) is 4.79 Å². The van der Waals surface area contributed by atoms with Gasteiger partial charge in [0.05, 0.1) is 24.4 Å². The molecule has 0 saturated carbocycles. The van der Waals surface area contributed by atoms with Crippen LogP contribution < -0.4 is 15.5 Å². The van der Waals surface area contributed by atoms with Crippen molar-refractivity contribution in [3.63, 3.8) is 0 Å². The summed E-state index contributed by atoms with van der Waals surface area (Å²) in [4.78, 5) is 35.9. The molecule has 11 heteroatoms. The number of urea groups is 1. The molecule has 1 saturated heterocycles. The lowest BCUT2D eigenvalue weighted by molar-refractivity contribution is -0.116. The van der Waals surface area contributed by atoms with E-state index in [9.17, 15) is 19.1 Å². The number of rotatable bonds is 8. The SMILES string of the molecule is CC(=O)Cc1ccc(NC(=O)Nc2ccc(-c3nc(N4CCOCC4)c4ccc(-c5ccc(CO)o5)cc4n3)cc2)c(F)c1. The molecule has 0 bridgehead atoms. The van der Waals surface area contributed by atoms with Crippen molar-refractivity contribution < 1.29 is 28.2 Å². The fraction of sp³-hybridized carbons (Fsp3) is 0.212. The number of furan rings is 1. The molecule has 6 rings (SSSR count). The van der Waals surface area contributed by atoms with Gasteiger partial charge in [-0.1, -0.05) is 12.1 Å². The van der Waals surface area contributed by atoms with Crippen LogP contribution in [0.2, 0.25) is 0 Å². The third-order valence-electron chi connectivity index (χ3n) is 7.23. The molecule has 0 spiro atoms. The number of carbonyl (C=O) groups excluding carboxylic acids is 2. The Morgan fingerprint density at radius 3 is 2.41 bits per heavy atom. The summed E-state index contributed by atoms with van der Waals surface area (Å²) in [7, 11) is 0. The third-order valence-corrected chi connectivity index (χ3v) is 7.23. The highest BCUT2D eigenvalue weighted by Gasteiger charge is 2.19. The van der Waals surface area contributed by atoms with Gasteiger partial charge in [0.25, 0.3) is 0 Å². The second kappa shape index (κ2) is 12.6. The minimum absolute atomic E-state index is 0.00753. The fourth-order valence-corrected chi connectivity index (χ4v) is 5.07. The summed E-state index contributed by atoms with van der Waals surface area (Å²) in [6.07, 6.45) is 0.126. The van der Waals surface area contributed by atoms with E-state index < -0.39 is 11.8 Å². The maximum Gasteiger partial charge on any atom is 0.323 e. The Labute approximate surface area is 252 Å². The van der Waals surface area contributed by atoms with E-state index >= 15 is 0 Å². The Bertz CT molecular complexity index is 1830. The quantitative estimate of drug-likeness (QED) is 0.205. The maximum absolute atomic E-state index is 14.5. The van der Waals surface area contributed by atoms with Crippen molar-refractivity contribution in [2.45, 2.75) is 20.0 Å².